The first kappa shape index (κ1) is 57.9. The van der Waals surface area contributed by atoms with Gasteiger partial charge in [0.2, 0.25) is 12.6 Å². The van der Waals surface area contributed by atoms with E-state index < -0.39 is 61.4 Å². The Bertz CT molecular complexity index is 2800. The highest BCUT2D eigenvalue weighted by Crippen LogP contribution is 2.34. The fourth-order valence-corrected chi connectivity index (χ4v) is 9.93. The first-order valence-electron chi connectivity index (χ1n) is 28.1. The van der Waals surface area contributed by atoms with Crippen LogP contribution >= 0.6 is 0 Å². The first-order valence-corrected chi connectivity index (χ1v) is 28.1. The summed E-state index contributed by atoms with van der Waals surface area (Å²) in [7, 11) is 0. The SMILES string of the molecule is C(=C\O[C@@H]1O[C@H](COCc2ccccc2)[C@@H](OCc2ccccc2)[C@H](OCc2ccccc2)[C@H]1OCc1ccccc1)/O[C@@H]1O[C@H](COCc2ccccc2)[C@@H](OCc2ccccc2)[C@H](OCc2ccccc2)[C@H]1OCc1ccccc1. The van der Waals surface area contributed by atoms with Crippen LogP contribution in [-0.2, 0) is 110 Å². The van der Waals surface area contributed by atoms with Gasteiger partial charge in [0.05, 0.1) is 66.1 Å². The van der Waals surface area contributed by atoms with Crippen molar-refractivity contribution in [3.05, 3.63) is 300 Å². The van der Waals surface area contributed by atoms with Crippen molar-refractivity contribution in [1.82, 2.24) is 0 Å². The van der Waals surface area contributed by atoms with E-state index in [0.717, 1.165) is 44.5 Å². The summed E-state index contributed by atoms with van der Waals surface area (Å²) in [6, 6.07) is 80.2. The molecule has 2 fully saturated rings. The Kier molecular flexibility index (Phi) is 22.5. The Balaban J connectivity index is 0.959. The molecule has 82 heavy (non-hydrogen) atoms. The van der Waals surface area contributed by atoms with Gasteiger partial charge in [0.1, 0.15) is 61.4 Å². The number of hydrogen-bond acceptors (Lipinski definition) is 12. The lowest BCUT2D eigenvalue weighted by Gasteiger charge is -2.46. The van der Waals surface area contributed by atoms with Crippen LogP contribution in [-0.4, -0.2) is 74.6 Å². The summed E-state index contributed by atoms with van der Waals surface area (Å²) >= 11 is 0. The summed E-state index contributed by atoms with van der Waals surface area (Å²) < 4.78 is 81.8. The Hall–Kier alpha value is -7.30. The van der Waals surface area contributed by atoms with Crippen LogP contribution in [0.15, 0.2) is 255 Å². The van der Waals surface area contributed by atoms with E-state index in [9.17, 15) is 0 Å². The molecule has 12 heteroatoms. The zero-order chi connectivity index (χ0) is 55.6. The van der Waals surface area contributed by atoms with E-state index in [-0.39, 0.29) is 39.6 Å². The maximum atomic E-state index is 6.98. The van der Waals surface area contributed by atoms with Gasteiger partial charge in [0, 0.05) is 0 Å². The van der Waals surface area contributed by atoms with E-state index in [1.807, 2.05) is 243 Å². The summed E-state index contributed by atoms with van der Waals surface area (Å²) in [5, 5.41) is 0. The van der Waals surface area contributed by atoms with Crippen LogP contribution in [0.5, 0.6) is 0 Å². The smallest absolute Gasteiger partial charge is 0.228 e. The molecule has 12 nitrogen and oxygen atoms in total. The average molecular weight is 1110 g/mol. The number of benzene rings is 8. The molecule has 2 saturated heterocycles. The van der Waals surface area contributed by atoms with Gasteiger partial charge in [-0.15, -0.1) is 0 Å². The molecule has 0 spiro atoms. The van der Waals surface area contributed by atoms with Gasteiger partial charge >= 0.3 is 0 Å². The molecule has 0 aromatic heterocycles. The molecular weight excluding hydrogens is 1030 g/mol. The van der Waals surface area contributed by atoms with Gasteiger partial charge in [0.15, 0.2) is 0 Å². The third-order valence-electron chi connectivity index (χ3n) is 14.2. The van der Waals surface area contributed by atoms with Crippen LogP contribution in [0, 0.1) is 0 Å². The van der Waals surface area contributed by atoms with Gasteiger partial charge in [-0.3, -0.25) is 0 Å². The van der Waals surface area contributed by atoms with E-state index in [4.69, 9.17) is 56.8 Å². The lowest BCUT2D eigenvalue weighted by atomic mass is 9.97. The largest absolute Gasteiger partial charge is 0.466 e. The first-order chi connectivity index (χ1) is 40.7. The molecule has 0 radical (unpaired) electrons. The molecule has 10 atom stereocenters. The van der Waals surface area contributed by atoms with Crippen LogP contribution in [0.3, 0.4) is 0 Å². The van der Waals surface area contributed by atoms with Gasteiger partial charge in [-0.1, -0.05) is 243 Å². The number of ether oxygens (including phenoxy) is 12. The van der Waals surface area contributed by atoms with Crippen LogP contribution in [0.1, 0.15) is 44.5 Å². The second kappa shape index (κ2) is 31.8. The highest BCUT2D eigenvalue weighted by Gasteiger charge is 2.51. The summed E-state index contributed by atoms with van der Waals surface area (Å²) in [4.78, 5) is 0. The number of rotatable bonds is 30. The summed E-state index contributed by atoms with van der Waals surface area (Å²) in [5.41, 5.74) is 7.94. The average Bonchev–Trinajstić information content (AvgIpc) is 3.69. The predicted molar refractivity (Wildman–Crippen MR) is 311 cm³/mol. The molecule has 0 bridgehead atoms. The summed E-state index contributed by atoms with van der Waals surface area (Å²) in [6.45, 7) is 2.64. The predicted octanol–water partition coefficient (Wildman–Crippen LogP) is 12.9. The molecule has 0 amide bonds. The molecular formula is C70H72O12. The quantitative estimate of drug-likeness (QED) is 0.0400. The third-order valence-corrected chi connectivity index (χ3v) is 14.2. The minimum Gasteiger partial charge on any atom is -0.466 e. The van der Waals surface area contributed by atoms with Gasteiger partial charge in [-0.05, 0) is 44.5 Å². The molecule has 8 aromatic rings. The molecule has 2 heterocycles. The third kappa shape index (κ3) is 17.6. The van der Waals surface area contributed by atoms with Crippen molar-refractivity contribution in [1.29, 1.82) is 0 Å². The second-order valence-electron chi connectivity index (χ2n) is 20.2. The zero-order valence-electron chi connectivity index (χ0n) is 46.0. The molecule has 10 rings (SSSR count). The van der Waals surface area contributed by atoms with Crippen molar-refractivity contribution in [2.24, 2.45) is 0 Å². The van der Waals surface area contributed by atoms with E-state index in [0.29, 0.717) is 26.4 Å². The maximum absolute atomic E-state index is 6.98. The normalized spacial score (nSPS) is 22.6. The molecule has 0 unspecified atom stereocenters. The Morgan fingerprint density at radius 2 is 0.451 bits per heavy atom. The molecule has 8 aromatic carbocycles. The van der Waals surface area contributed by atoms with Gasteiger partial charge < -0.3 is 56.8 Å². The maximum Gasteiger partial charge on any atom is 0.228 e. The Labute approximate surface area is 482 Å². The molecule has 0 saturated carbocycles. The second-order valence-corrected chi connectivity index (χ2v) is 20.2. The molecule has 0 N–H and O–H groups in total. The molecule has 2 aliphatic heterocycles. The van der Waals surface area contributed by atoms with Gasteiger partial charge in [-0.25, -0.2) is 0 Å². The standard InChI is InChI=1S/C70H72O12/c1-9-25-53(26-10-1)43-71-51-61-63(75-45-55-29-13-3-14-30-55)65(77-47-57-33-17-5-18-34-57)67(79-49-59-37-21-7-22-38-59)69(81-61)73-41-42-74-70-68(80-50-60-39-23-8-24-40-60)66(78-48-58-35-19-6-20-36-58)64(76-46-56-31-15-4-16-32-56)62(82-70)52-72-44-54-27-11-2-12-28-54/h1-42,61-70H,43-52H2/b42-41+/t61-,62-,63-,64-,65+,66+,67-,68-,69-,70-/m1/s1. The molecule has 0 aliphatic carbocycles. The van der Waals surface area contributed by atoms with Crippen LogP contribution < -0.4 is 0 Å². The van der Waals surface area contributed by atoms with Crippen LogP contribution in [0.2, 0.25) is 0 Å². The minimum atomic E-state index is -1.04. The van der Waals surface area contributed by atoms with Crippen molar-refractivity contribution < 1.29 is 56.8 Å². The van der Waals surface area contributed by atoms with Crippen molar-refractivity contribution in [3.63, 3.8) is 0 Å². The lowest BCUT2D eigenvalue weighted by molar-refractivity contribution is -0.322. The van der Waals surface area contributed by atoms with Gasteiger partial charge in [-0.2, -0.15) is 0 Å². The topological polar surface area (TPSA) is 111 Å². The number of hydrogen-bond donors (Lipinski definition) is 0. The molecule has 2 aliphatic rings. The summed E-state index contributed by atoms with van der Waals surface area (Å²) in [5.74, 6) is 0. The Morgan fingerprint density at radius 1 is 0.244 bits per heavy atom. The van der Waals surface area contributed by atoms with Crippen molar-refractivity contribution in [3.8, 4) is 0 Å². The van der Waals surface area contributed by atoms with E-state index in [1.54, 1.807) is 0 Å². The highest BCUT2D eigenvalue weighted by molar-refractivity contribution is 5.20. The lowest BCUT2D eigenvalue weighted by Crippen LogP contribution is -2.61. The van der Waals surface area contributed by atoms with Crippen molar-refractivity contribution in [2.45, 2.75) is 114 Å². The molecule has 424 valence electrons. The minimum absolute atomic E-state index is 0.160. The van der Waals surface area contributed by atoms with Crippen LogP contribution in [0.4, 0.5) is 0 Å². The fourth-order valence-electron chi connectivity index (χ4n) is 9.93. The van der Waals surface area contributed by atoms with E-state index in [1.165, 1.54) is 12.5 Å². The van der Waals surface area contributed by atoms with Gasteiger partial charge in [0.25, 0.3) is 0 Å². The van der Waals surface area contributed by atoms with Crippen molar-refractivity contribution in [2.75, 3.05) is 13.2 Å². The summed E-state index contributed by atoms with van der Waals surface area (Å²) in [6.07, 6.45) is -4.90. The zero-order valence-corrected chi connectivity index (χ0v) is 46.0. The highest BCUT2D eigenvalue weighted by atomic mass is 16.7. The Morgan fingerprint density at radius 3 is 0.695 bits per heavy atom. The van der Waals surface area contributed by atoms with E-state index in [2.05, 4.69) is 0 Å². The fraction of sp³-hybridized carbons (Fsp3) is 0.286. The van der Waals surface area contributed by atoms with E-state index >= 15 is 0 Å². The monoisotopic (exact) mass is 1100 g/mol. The van der Waals surface area contributed by atoms with Crippen molar-refractivity contribution >= 4 is 0 Å². The van der Waals surface area contributed by atoms with Crippen LogP contribution in [0.25, 0.3) is 0 Å².